The van der Waals surface area contributed by atoms with E-state index in [4.69, 9.17) is 0 Å². The first-order chi connectivity index (χ1) is 9.96. The van der Waals surface area contributed by atoms with Gasteiger partial charge in [0.15, 0.2) is 20.9 Å². The topological polar surface area (TPSA) is 34.1 Å². The third-order valence-electron chi connectivity index (χ3n) is 2.97. The molecule has 0 fully saturated rings. The highest BCUT2D eigenvalue weighted by Crippen LogP contribution is 2.08. The summed E-state index contributed by atoms with van der Waals surface area (Å²) in [6, 6.07) is 16.6. The number of ketones is 1. The van der Waals surface area contributed by atoms with Crippen LogP contribution >= 0.6 is 0 Å². The maximum absolute atomic E-state index is 12.4. The smallest absolute Gasteiger partial charge is 0.212 e. The Labute approximate surface area is 126 Å². The molecular formula is C18H17O2S+. The Morgan fingerprint density at radius 2 is 1.67 bits per heavy atom. The van der Waals surface area contributed by atoms with E-state index in [1.54, 1.807) is 12.1 Å². The molecule has 0 aromatic heterocycles. The van der Waals surface area contributed by atoms with Gasteiger partial charge < -0.3 is 0 Å². The van der Waals surface area contributed by atoms with E-state index in [9.17, 15) is 9.00 Å². The second-order valence-corrected chi connectivity index (χ2v) is 7.53. The maximum atomic E-state index is 12.4. The lowest BCUT2D eigenvalue weighted by Gasteiger charge is -2.00. The molecule has 0 aliphatic heterocycles. The van der Waals surface area contributed by atoms with Gasteiger partial charge >= 0.3 is 0 Å². The number of carbonyl (C=O) groups is 1. The van der Waals surface area contributed by atoms with Crippen LogP contribution in [-0.4, -0.2) is 17.8 Å². The molecule has 0 saturated heterocycles. The van der Waals surface area contributed by atoms with E-state index >= 15 is 0 Å². The molecule has 0 saturated carbocycles. The number of rotatable bonds is 3. The van der Waals surface area contributed by atoms with Crippen LogP contribution in [0.5, 0.6) is 0 Å². The molecule has 0 amide bonds. The van der Waals surface area contributed by atoms with Crippen molar-refractivity contribution in [2.45, 2.75) is 6.92 Å². The Morgan fingerprint density at radius 3 is 2.29 bits per heavy atom. The van der Waals surface area contributed by atoms with Gasteiger partial charge in [0.05, 0.1) is 0 Å². The van der Waals surface area contributed by atoms with Crippen molar-refractivity contribution in [3.63, 3.8) is 0 Å². The van der Waals surface area contributed by atoms with Crippen LogP contribution in [0.1, 0.15) is 21.5 Å². The first-order valence-corrected chi connectivity index (χ1v) is 8.74. The normalized spacial score (nSPS) is 12.9. The summed E-state index contributed by atoms with van der Waals surface area (Å²) < 4.78 is 12.4. The molecule has 21 heavy (non-hydrogen) atoms. The standard InChI is InChI=1S/C18H17O2S/c1-15-8-10-17(11-9-15)18(19)14-21(2,20)13-12-16-6-4-3-5-7-16/h3-11H,14H2,1-2H3/q+1. The minimum Gasteiger partial charge on any atom is -0.289 e. The van der Waals surface area contributed by atoms with Gasteiger partial charge in [0.1, 0.15) is 6.26 Å². The average Bonchev–Trinajstić information content (AvgIpc) is 2.46. The van der Waals surface area contributed by atoms with Crippen LogP contribution in [0, 0.1) is 18.1 Å². The summed E-state index contributed by atoms with van der Waals surface area (Å²) in [6.45, 7) is 1.96. The zero-order chi connectivity index (χ0) is 15.3. The van der Waals surface area contributed by atoms with Gasteiger partial charge in [-0.25, -0.2) is 0 Å². The maximum Gasteiger partial charge on any atom is 0.212 e. The Bertz CT molecular complexity index is 734. The van der Waals surface area contributed by atoms with Crippen LogP contribution in [-0.2, 0) is 14.1 Å². The molecule has 2 aromatic rings. The summed E-state index contributed by atoms with van der Waals surface area (Å²) in [5, 5.41) is 2.74. The molecule has 3 heteroatoms. The van der Waals surface area contributed by atoms with Crippen LogP contribution in [0.3, 0.4) is 0 Å². The van der Waals surface area contributed by atoms with E-state index in [0.29, 0.717) is 5.56 Å². The van der Waals surface area contributed by atoms with Crippen molar-refractivity contribution >= 4 is 15.7 Å². The molecule has 0 bridgehead atoms. The molecule has 0 spiro atoms. The largest absolute Gasteiger partial charge is 0.289 e. The van der Waals surface area contributed by atoms with Crippen molar-refractivity contribution in [2.24, 2.45) is 0 Å². The molecule has 0 heterocycles. The van der Waals surface area contributed by atoms with Gasteiger partial charge in [-0.1, -0.05) is 52.2 Å². The minimum absolute atomic E-state index is 0.0457. The zero-order valence-corrected chi connectivity index (χ0v) is 12.9. The van der Waals surface area contributed by atoms with Crippen molar-refractivity contribution < 1.29 is 9.00 Å². The molecule has 0 radical (unpaired) electrons. The molecule has 106 valence electrons. The van der Waals surface area contributed by atoms with Crippen molar-refractivity contribution in [2.75, 3.05) is 12.0 Å². The Kier molecular flexibility index (Phi) is 4.72. The average molecular weight is 297 g/mol. The summed E-state index contributed by atoms with van der Waals surface area (Å²) >= 11 is 0. The van der Waals surface area contributed by atoms with E-state index in [1.807, 2.05) is 49.4 Å². The second-order valence-electron chi connectivity index (χ2n) is 5.03. The molecule has 1 unspecified atom stereocenters. The fourth-order valence-electron chi connectivity index (χ4n) is 1.80. The molecule has 0 N–H and O–H groups in total. The van der Waals surface area contributed by atoms with E-state index in [0.717, 1.165) is 11.1 Å². The molecule has 0 aliphatic rings. The first kappa shape index (κ1) is 15.2. The second kappa shape index (κ2) is 6.51. The Balaban J connectivity index is 2.11. The Morgan fingerprint density at radius 1 is 1.05 bits per heavy atom. The van der Waals surface area contributed by atoms with E-state index in [2.05, 4.69) is 11.2 Å². The van der Waals surface area contributed by atoms with Gasteiger partial charge in [0, 0.05) is 11.1 Å². The van der Waals surface area contributed by atoms with Gasteiger partial charge in [-0.15, -0.1) is 0 Å². The van der Waals surface area contributed by atoms with Crippen molar-refractivity contribution in [1.29, 1.82) is 0 Å². The summed E-state index contributed by atoms with van der Waals surface area (Å²) in [5.74, 6) is 2.69. The summed E-state index contributed by atoms with van der Waals surface area (Å²) in [7, 11) is -2.50. The molecular weight excluding hydrogens is 280 g/mol. The van der Waals surface area contributed by atoms with Gasteiger partial charge in [0.25, 0.3) is 0 Å². The molecule has 2 rings (SSSR count). The van der Waals surface area contributed by atoms with E-state index in [1.165, 1.54) is 6.26 Å². The summed E-state index contributed by atoms with van der Waals surface area (Å²) in [5.41, 5.74) is 2.47. The van der Waals surface area contributed by atoms with E-state index < -0.39 is 9.93 Å². The molecule has 1 atom stereocenters. The highest BCUT2D eigenvalue weighted by molar-refractivity contribution is 8.07. The highest BCUT2D eigenvalue weighted by Gasteiger charge is 2.24. The van der Waals surface area contributed by atoms with Crippen LogP contribution < -0.4 is 0 Å². The molecule has 0 aliphatic carbocycles. The number of hydrogen-bond acceptors (Lipinski definition) is 2. The van der Waals surface area contributed by atoms with Crippen molar-refractivity contribution in [3.05, 3.63) is 71.3 Å². The monoisotopic (exact) mass is 297 g/mol. The predicted octanol–water partition coefficient (Wildman–Crippen LogP) is 3.32. The number of aryl methyl sites for hydroxylation is 1. The SMILES string of the molecule is Cc1ccc(C(=O)C[S+](C)(=O)C#Cc2ccccc2)cc1. The van der Waals surface area contributed by atoms with Gasteiger partial charge in [-0.05, 0) is 25.0 Å². The number of Topliss-reactive ketones (excluding diaryl/α,β-unsaturated/α-hetero) is 1. The summed E-state index contributed by atoms with van der Waals surface area (Å²) in [4.78, 5) is 12.1. The zero-order valence-electron chi connectivity index (χ0n) is 12.1. The lowest BCUT2D eigenvalue weighted by molar-refractivity contribution is 0.102. The van der Waals surface area contributed by atoms with Gasteiger partial charge in [0.2, 0.25) is 5.78 Å². The third kappa shape index (κ3) is 4.70. The fraction of sp³-hybridized carbons (Fsp3) is 0.167. The summed E-state index contributed by atoms with van der Waals surface area (Å²) in [6.07, 6.45) is 1.54. The molecule has 2 aromatic carbocycles. The molecule has 2 nitrogen and oxygen atoms in total. The van der Waals surface area contributed by atoms with E-state index in [-0.39, 0.29) is 11.5 Å². The van der Waals surface area contributed by atoms with Gasteiger partial charge in [-0.2, -0.15) is 0 Å². The highest BCUT2D eigenvalue weighted by atomic mass is 32.2. The van der Waals surface area contributed by atoms with Crippen molar-refractivity contribution in [1.82, 2.24) is 0 Å². The van der Waals surface area contributed by atoms with Crippen LogP contribution in [0.15, 0.2) is 54.6 Å². The lowest BCUT2D eigenvalue weighted by Crippen LogP contribution is -2.19. The van der Waals surface area contributed by atoms with Gasteiger partial charge in [-0.3, -0.25) is 4.79 Å². The number of benzene rings is 2. The fourth-order valence-corrected chi connectivity index (χ4v) is 2.87. The van der Waals surface area contributed by atoms with Crippen molar-refractivity contribution in [3.8, 4) is 11.2 Å². The predicted molar refractivity (Wildman–Crippen MR) is 87.7 cm³/mol. The van der Waals surface area contributed by atoms with Crippen LogP contribution in [0.25, 0.3) is 0 Å². The van der Waals surface area contributed by atoms with Crippen LogP contribution in [0.4, 0.5) is 0 Å². The quantitative estimate of drug-likeness (QED) is 0.495. The third-order valence-corrected chi connectivity index (χ3v) is 4.31. The minimum atomic E-state index is -2.50. The number of hydrogen-bond donors (Lipinski definition) is 0. The number of carbonyl (C=O) groups excluding carboxylic acids is 1. The first-order valence-electron chi connectivity index (χ1n) is 6.61. The van der Waals surface area contributed by atoms with Crippen LogP contribution in [0.2, 0.25) is 0 Å². The Hall–Kier alpha value is -2.18. The lowest BCUT2D eigenvalue weighted by atomic mass is 10.1.